The molecule has 0 unspecified atom stereocenters. The molecule has 0 heterocycles. The number of carbonyl (C=O) groups is 2. The van der Waals surface area contributed by atoms with Crippen molar-refractivity contribution in [2.24, 2.45) is 0 Å². The third-order valence-electron chi connectivity index (χ3n) is 4.23. The first kappa shape index (κ1) is 19.9. The summed E-state index contributed by atoms with van der Waals surface area (Å²) in [5.74, 6) is 0.877. The minimum Gasteiger partial charge on any atom is -0.497 e. The van der Waals surface area contributed by atoms with Crippen LogP contribution in [0.1, 0.15) is 15.9 Å². The average molecular weight is 390 g/mol. The number of ether oxygens (including phenoxy) is 2. The molecule has 0 saturated carbocycles. The highest BCUT2D eigenvalue weighted by Gasteiger charge is 2.08. The number of carbonyl (C=O) groups excluding carboxylic acids is 2. The predicted octanol–water partition coefficient (Wildman–Crippen LogP) is 4.27. The number of amides is 2. The lowest BCUT2D eigenvalue weighted by molar-refractivity contribution is -0.118. The van der Waals surface area contributed by atoms with E-state index >= 15 is 0 Å². The van der Waals surface area contributed by atoms with Crippen LogP contribution >= 0.6 is 0 Å². The molecule has 6 nitrogen and oxygen atoms in total. The molecule has 2 N–H and O–H groups in total. The molecule has 6 heteroatoms. The van der Waals surface area contributed by atoms with Gasteiger partial charge in [0.15, 0.2) is 6.61 Å². The Morgan fingerprint density at radius 1 is 0.828 bits per heavy atom. The quantitative estimate of drug-likeness (QED) is 0.632. The van der Waals surface area contributed by atoms with Gasteiger partial charge in [-0.25, -0.2) is 0 Å². The summed E-state index contributed by atoms with van der Waals surface area (Å²) in [5.41, 5.74) is 2.70. The van der Waals surface area contributed by atoms with Crippen LogP contribution in [0.25, 0.3) is 0 Å². The van der Waals surface area contributed by atoms with Crippen molar-refractivity contribution >= 4 is 23.2 Å². The number of hydrogen-bond acceptors (Lipinski definition) is 4. The zero-order chi connectivity index (χ0) is 20.6. The molecule has 0 fully saturated rings. The fraction of sp³-hybridized carbons (Fsp3) is 0.130. The van der Waals surface area contributed by atoms with E-state index in [2.05, 4.69) is 10.6 Å². The molecule has 3 aromatic rings. The van der Waals surface area contributed by atoms with Crippen molar-refractivity contribution in [1.82, 2.24) is 0 Å². The molecule has 0 atom stereocenters. The maximum Gasteiger partial charge on any atom is 0.262 e. The van der Waals surface area contributed by atoms with E-state index < -0.39 is 0 Å². The van der Waals surface area contributed by atoms with Crippen molar-refractivity contribution in [1.29, 1.82) is 0 Å². The van der Waals surface area contributed by atoms with Gasteiger partial charge in [0, 0.05) is 16.9 Å². The number of nitrogens with one attached hydrogen (secondary N) is 2. The smallest absolute Gasteiger partial charge is 0.262 e. The maximum absolute atomic E-state index is 12.3. The van der Waals surface area contributed by atoms with Crippen LogP contribution in [-0.4, -0.2) is 25.5 Å². The summed E-state index contributed by atoms with van der Waals surface area (Å²) in [6.45, 7) is 1.83. The third-order valence-corrected chi connectivity index (χ3v) is 4.23. The topological polar surface area (TPSA) is 76.7 Å². The first-order valence-electron chi connectivity index (χ1n) is 9.09. The van der Waals surface area contributed by atoms with Crippen molar-refractivity contribution in [2.75, 3.05) is 24.4 Å². The van der Waals surface area contributed by atoms with Crippen LogP contribution in [0.2, 0.25) is 0 Å². The number of para-hydroxylation sites is 1. The molecule has 3 aromatic carbocycles. The van der Waals surface area contributed by atoms with Gasteiger partial charge in [0.05, 0.1) is 7.11 Å². The number of benzene rings is 3. The van der Waals surface area contributed by atoms with E-state index in [0.717, 1.165) is 11.3 Å². The number of methoxy groups -OCH3 is 1. The van der Waals surface area contributed by atoms with Crippen molar-refractivity contribution in [3.05, 3.63) is 83.9 Å². The van der Waals surface area contributed by atoms with Gasteiger partial charge in [-0.3, -0.25) is 9.59 Å². The van der Waals surface area contributed by atoms with E-state index in [0.29, 0.717) is 22.7 Å². The monoisotopic (exact) mass is 390 g/mol. The molecule has 0 aliphatic heterocycles. The van der Waals surface area contributed by atoms with Crippen molar-refractivity contribution in [3.8, 4) is 11.5 Å². The molecule has 0 saturated heterocycles. The number of anilines is 2. The van der Waals surface area contributed by atoms with Gasteiger partial charge in [0.25, 0.3) is 11.8 Å². The van der Waals surface area contributed by atoms with Crippen molar-refractivity contribution in [2.45, 2.75) is 6.92 Å². The zero-order valence-electron chi connectivity index (χ0n) is 16.3. The normalized spacial score (nSPS) is 10.1. The largest absolute Gasteiger partial charge is 0.497 e. The van der Waals surface area contributed by atoms with E-state index in [9.17, 15) is 9.59 Å². The Hall–Kier alpha value is -3.80. The van der Waals surface area contributed by atoms with Crippen LogP contribution in [0, 0.1) is 6.92 Å². The molecule has 2 amide bonds. The van der Waals surface area contributed by atoms with Gasteiger partial charge in [0.2, 0.25) is 0 Å². The Labute approximate surface area is 169 Å². The summed E-state index contributed by atoms with van der Waals surface area (Å²) in [5, 5.41) is 5.56. The lowest BCUT2D eigenvalue weighted by atomic mass is 10.2. The molecule has 0 spiro atoms. The minimum atomic E-state index is -0.274. The standard InChI is InChI=1S/C23H22N2O4/c1-16-5-3-4-6-21(16)29-15-22(26)24-18-9-7-17(8-10-18)23(27)25-19-11-13-20(28-2)14-12-19/h3-14H,15H2,1-2H3,(H,24,26)(H,25,27). The van der Waals surface area contributed by atoms with Crippen LogP contribution in [-0.2, 0) is 4.79 Å². The number of aryl methyl sites for hydroxylation is 1. The van der Waals surface area contributed by atoms with Crippen molar-refractivity contribution in [3.63, 3.8) is 0 Å². The molecule has 0 bridgehead atoms. The Morgan fingerprint density at radius 3 is 2.10 bits per heavy atom. The second-order valence-electron chi connectivity index (χ2n) is 6.36. The van der Waals surface area contributed by atoms with Crippen molar-refractivity contribution < 1.29 is 19.1 Å². The molecule has 0 aliphatic rings. The number of rotatable bonds is 7. The van der Waals surface area contributed by atoms with Gasteiger partial charge < -0.3 is 20.1 Å². The maximum atomic E-state index is 12.3. The molecule has 0 radical (unpaired) electrons. The van der Waals surface area contributed by atoms with Crippen LogP contribution in [0.4, 0.5) is 11.4 Å². The molecule has 0 aliphatic carbocycles. The van der Waals surface area contributed by atoms with Gasteiger partial charge in [-0.2, -0.15) is 0 Å². The SMILES string of the molecule is COc1ccc(NC(=O)c2ccc(NC(=O)COc3ccccc3C)cc2)cc1. The van der Waals surface area contributed by atoms with E-state index in [1.165, 1.54) is 0 Å². The summed E-state index contributed by atoms with van der Waals surface area (Å²) < 4.78 is 10.6. The minimum absolute atomic E-state index is 0.0927. The van der Waals surface area contributed by atoms with Crippen LogP contribution in [0.15, 0.2) is 72.8 Å². The zero-order valence-corrected chi connectivity index (χ0v) is 16.3. The van der Waals surface area contributed by atoms with Crippen LogP contribution < -0.4 is 20.1 Å². The van der Waals surface area contributed by atoms with Gasteiger partial charge in [-0.1, -0.05) is 18.2 Å². The Morgan fingerprint density at radius 2 is 1.45 bits per heavy atom. The fourth-order valence-electron chi connectivity index (χ4n) is 2.64. The fourth-order valence-corrected chi connectivity index (χ4v) is 2.64. The van der Waals surface area contributed by atoms with E-state index in [1.807, 2.05) is 31.2 Å². The third kappa shape index (κ3) is 5.59. The second-order valence-corrected chi connectivity index (χ2v) is 6.36. The molecule has 0 aromatic heterocycles. The first-order valence-corrected chi connectivity index (χ1v) is 9.09. The summed E-state index contributed by atoms with van der Waals surface area (Å²) in [7, 11) is 1.59. The summed E-state index contributed by atoms with van der Waals surface area (Å²) in [6.07, 6.45) is 0. The Bertz CT molecular complexity index is 983. The molecule has 148 valence electrons. The van der Waals surface area contributed by atoms with E-state index in [4.69, 9.17) is 9.47 Å². The second kappa shape index (κ2) is 9.41. The van der Waals surface area contributed by atoms with Gasteiger partial charge in [0.1, 0.15) is 11.5 Å². The van der Waals surface area contributed by atoms with E-state index in [1.54, 1.807) is 55.6 Å². The lowest BCUT2D eigenvalue weighted by Gasteiger charge is -2.10. The van der Waals surface area contributed by atoms with Gasteiger partial charge >= 0.3 is 0 Å². The summed E-state index contributed by atoms with van der Waals surface area (Å²) in [6, 6.07) is 21.2. The van der Waals surface area contributed by atoms with E-state index in [-0.39, 0.29) is 18.4 Å². The Kier molecular flexibility index (Phi) is 6.47. The molecule has 3 rings (SSSR count). The lowest BCUT2D eigenvalue weighted by Crippen LogP contribution is -2.20. The highest BCUT2D eigenvalue weighted by molar-refractivity contribution is 6.04. The first-order chi connectivity index (χ1) is 14.0. The molecular formula is C23H22N2O4. The van der Waals surface area contributed by atoms with Gasteiger partial charge in [-0.15, -0.1) is 0 Å². The van der Waals surface area contributed by atoms with Gasteiger partial charge in [-0.05, 0) is 67.1 Å². The number of hydrogen-bond donors (Lipinski definition) is 2. The predicted molar refractivity (Wildman–Crippen MR) is 113 cm³/mol. The highest BCUT2D eigenvalue weighted by atomic mass is 16.5. The Balaban J connectivity index is 1.53. The molecular weight excluding hydrogens is 368 g/mol. The average Bonchev–Trinajstić information content (AvgIpc) is 2.74. The summed E-state index contributed by atoms with van der Waals surface area (Å²) >= 11 is 0. The van der Waals surface area contributed by atoms with Crippen LogP contribution in [0.5, 0.6) is 11.5 Å². The highest BCUT2D eigenvalue weighted by Crippen LogP contribution is 2.18. The summed E-state index contributed by atoms with van der Waals surface area (Å²) in [4.78, 5) is 24.4. The molecule has 29 heavy (non-hydrogen) atoms. The van der Waals surface area contributed by atoms with Crippen LogP contribution in [0.3, 0.4) is 0 Å².